The average molecular weight is 237 g/mol. The van der Waals surface area contributed by atoms with Crippen LogP contribution in [-0.4, -0.2) is 36.5 Å². The summed E-state index contributed by atoms with van der Waals surface area (Å²) >= 11 is 0. The molecule has 1 aliphatic heterocycles. The summed E-state index contributed by atoms with van der Waals surface area (Å²) in [5, 5.41) is 11.7. The summed E-state index contributed by atoms with van der Waals surface area (Å²) in [6.07, 6.45) is 1.73. The lowest BCUT2D eigenvalue weighted by atomic mass is 10.1. The summed E-state index contributed by atoms with van der Waals surface area (Å²) in [6.45, 7) is 9.15. The van der Waals surface area contributed by atoms with Crippen LogP contribution in [0.2, 0.25) is 0 Å². The highest BCUT2D eigenvalue weighted by Crippen LogP contribution is 2.17. The predicted octanol–water partition coefficient (Wildman–Crippen LogP) is 1.38. The molecule has 0 saturated carbocycles. The molecule has 17 heavy (non-hydrogen) atoms. The molecule has 1 saturated heterocycles. The van der Waals surface area contributed by atoms with Gasteiger partial charge in [0.25, 0.3) is 0 Å². The van der Waals surface area contributed by atoms with Crippen LogP contribution < -0.4 is 5.32 Å². The van der Waals surface area contributed by atoms with E-state index in [1.165, 1.54) is 0 Å². The highest BCUT2D eigenvalue weighted by atomic mass is 16.1. The van der Waals surface area contributed by atoms with Gasteiger partial charge in [-0.15, -0.1) is 0 Å². The largest absolute Gasteiger partial charge is 0.355 e. The fraction of sp³-hybridized carbons (Fsp3) is 0.846. The third kappa shape index (κ3) is 4.01. The smallest absolute Gasteiger partial charge is 0.237 e. The highest BCUT2D eigenvalue weighted by Gasteiger charge is 2.25. The molecule has 4 nitrogen and oxygen atoms in total. The minimum atomic E-state index is -0.488. The molecule has 0 spiro atoms. The number of nitrogens with one attached hydrogen (secondary N) is 1. The number of hydrogen-bond acceptors (Lipinski definition) is 3. The van der Waals surface area contributed by atoms with Crippen molar-refractivity contribution in [2.24, 2.45) is 11.8 Å². The number of likely N-dealkylation sites (tertiary alicyclic amines) is 1. The number of carbonyl (C=O) groups is 1. The zero-order valence-electron chi connectivity index (χ0n) is 11.1. The maximum absolute atomic E-state index is 11.6. The number of carbonyl (C=O) groups excluding carboxylic acids is 1. The molecule has 0 radical (unpaired) electrons. The number of hydrogen-bond donors (Lipinski definition) is 1. The van der Waals surface area contributed by atoms with E-state index >= 15 is 0 Å². The van der Waals surface area contributed by atoms with Gasteiger partial charge < -0.3 is 10.2 Å². The first kappa shape index (κ1) is 14.0. The third-order valence-electron chi connectivity index (χ3n) is 3.49. The molecular formula is C13H23N3O. The fourth-order valence-corrected chi connectivity index (χ4v) is 2.20. The van der Waals surface area contributed by atoms with Crippen LogP contribution in [0.4, 0.5) is 0 Å². The highest BCUT2D eigenvalue weighted by molar-refractivity contribution is 5.80. The molecule has 0 aliphatic carbocycles. The van der Waals surface area contributed by atoms with Crippen LogP contribution in [-0.2, 0) is 4.79 Å². The molecule has 1 rings (SSSR count). The predicted molar refractivity (Wildman–Crippen MR) is 67.2 cm³/mol. The molecule has 96 valence electrons. The van der Waals surface area contributed by atoms with Gasteiger partial charge in [0.1, 0.15) is 5.92 Å². The Labute approximate surface area is 104 Å². The molecule has 1 aliphatic rings. The minimum Gasteiger partial charge on any atom is -0.355 e. The average Bonchev–Trinajstić information content (AvgIpc) is 2.76. The van der Waals surface area contributed by atoms with Crippen molar-refractivity contribution in [1.29, 1.82) is 5.26 Å². The van der Waals surface area contributed by atoms with E-state index in [4.69, 9.17) is 5.26 Å². The van der Waals surface area contributed by atoms with Gasteiger partial charge in [-0.1, -0.05) is 6.92 Å². The molecule has 0 aromatic carbocycles. The summed E-state index contributed by atoms with van der Waals surface area (Å²) in [6, 6.07) is 2.61. The third-order valence-corrected chi connectivity index (χ3v) is 3.49. The summed E-state index contributed by atoms with van der Waals surface area (Å²) in [4.78, 5) is 14.1. The van der Waals surface area contributed by atoms with Crippen LogP contribution in [0, 0.1) is 23.2 Å². The number of rotatable bonds is 5. The van der Waals surface area contributed by atoms with Crippen molar-refractivity contribution < 1.29 is 4.79 Å². The van der Waals surface area contributed by atoms with E-state index in [0.717, 1.165) is 19.5 Å². The Bertz CT molecular complexity index is 296. The molecule has 4 heteroatoms. The molecule has 2 atom stereocenters. The number of nitriles is 1. The van der Waals surface area contributed by atoms with Crippen LogP contribution >= 0.6 is 0 Å². The zero-order chi connectivity index (χ0) is 12.8. The molecular weight excluding hydrogens is 214 g/mol. The SMILES string of the molecule is CCC(C#N)C(=O)NCC1CCN(C(C)C)C1. The van der Waals surface area contributed by atoms with Gasteiger partial charge in [-0.05, 0) is 39.2 Å². The van der Waals surface area contributed by atoms with Gasteiger partial charge in [-0.2, -0.15) is 5.26 Å². The molecule has 0 aromatic rings. The van der Waals surface area contributed by atoms with Crippen molar-refractivity contribution in [2.75, 3.05) is 19.6 Å². The van der Waals surface area contributed by atoms with Crippen LogP contribution in [0.25, 0.3) is 0 Å². The van der Waals surface area contributed by atoms with Gasteiger partial charge in [-0.25, -0.2) is 0 Å². The van der Waals surface area contributed by atoms with Crippen molar-refractivity contribution >= 4 is 5.91 Å². The summed E-state index contributed by atoms with van der Waals surface area (Å²) in [7, 11) is 0. The van der Waals surface area contributed by atoms with Crippen molar-refractivity contribution in [1.82, 2.24) is 10.2 Å². The van der Waals surface area contributed by atoms with Gasteiger partial charge in [0.15, 0.2) is 0 Å². The van der Waals surface area contributed by atoms with Crippen LogP contribution in [0.5, 0.6) is 0 Å². The number of amides is 1. The van der Waals surface area contributed by atoms with Crippen LogP contribution in [0.3, 0.4) is 0 Å². The van der Waals surface area contributed by atoms with Gasteiger partial charge in [0.2, 0.25) is 5.91 Å². The lowest BCUT2D eigenvalue weighted by Gasteiger charge is -2.20. The van der Waals surface area contributed by atoms with E-state index < -0.39 is 5.92 Å². The Kier molecular flexibility index (Phi) is 5.43. The van der Waals surface area contributed by atoms with Gasteiger partial charge in [-0.3, -0.25) is 4.79 Å². The van der Waals surface area contributed by atoms with Crippen molar-refractivity contribution in [2.45, 2.75) is 39.7 Å². The molecule has 1 heterocycles. The molecule has 1 N–H and O–H groups in total. The lowest BCUT2D eigenvalue weighted by Crippen LogP contribution is -2.35. The first-order valence-corrected chi connectivity index (χ1v) is 6.49. The second kappa shape index (κ2) is 6.61. The van der Waals surface area contributed by atoms with Gasteiger partial charge >= 0.3 is 0 Å². The lowest BCUT2D eigenvalue weighted by molar-refractivity contribution is -0.123. The summed E-state index contributed by atoms with van der Waals surface area (Å²) < 4.78 is 0. The van der Waals surface area contributed by atoms with Crippen molar-refractivity contribution in [3.8, 4) is 6.07 Å². The Morgan fingerprint density at radius 3 is 2.76 bits per heavy atom. The Morgan fingerprint density at radius 1 is 1.59 bits per heavy atom. The van der Waals surface area contributed by atoms with Gasteiger partial charge in [0, 0.05) is 19.1 Å². The Hall–Kier alpha value is -1.08. The standard InChI is InChI=1S/C13H23N3O/c1-4-12(7-14)13(17)15-8-11-5-6-16(9-11)10(2)3/h10-12H,4-6,8-9H2,1-3H3,(H,15,17). The monoisotopic (exact) mass is 237 g/mol. The summed E-state index contributed by atoms with van der Waals surface area (Å²) in [5.41, 5.74) is 0. The zero-order valence-corrected chi connectivity index (χ0v) is 11.1. The second-order valence-electron chi connectivity index (χ2n) is 5.08. The second-order valence-corrected chi connectivity index (χ2v) is 5.08. The van der Waals surface area contributed by atoms with E-state index in [1.807, 2.05) is 13.0 Å². The molecule has 1 amide bonds. The van der Waals surface area contributed by atoms with E-state index in [2.05, 4.69) is 24.1 Å². The van der Waals surface area contributed by atoms with Crippen molar-refractivity contribution in [3.63, 3.8) is 0 Å². The van der Waals surface area contributed by atoms with E-state index in [1.54, 1.807) is 0 Å². The van der Waals surface area contributed by atoms with Crippen LogP contribution in [0.15, 0.2) is 0 Å². The topological polar surface area (TPSA) is 56.1 Å². The van der Waals surface area contributed by atoms with Crippen LogP contribution in [0.1, 0.15) is 33.6 Å². The number of nitrogens with zero attached hydrogens (tertiary/aromatic N) is 2. The minimum absolute atomic E-state index is 0.113. The molecule has 2 unspecified atom stereocenters. The van der Waals surface area contributed by atoms with E-state index in [9.17, 15) is 4.79 Å². The Morgan fingerprint density at radius 2 is 2.29 bits per heavy atom. The van der Waals surface area contributed by atoms with Gasteiger partial charge in [0.05, 0.1) is 6.07 Å². The van der Waals surface area contributed by atoms with E-state index in [-0.39, 0.29) is 5.91 Å². The molecule has 1 fully saturated rings. The fourth-order valence-electron chi connectivity index (χ4n) is 2.20. The quantitative estimate of drug-likeness (QED) is 0.786. The normalized spacial score (nSPS) is 22.4. The first-order valence-electron chi connectivity index (χ1n) is 6.49. The maximum atomic E-state index is 11.6. The van der Waals surface area contributed by atoms with E-state index in [0.29, 0.717) is 24.9 Å². The summed E-state index contributed by atoms with van der Waals surface area (Å²) in [5.74, 6) is -0.0619. The molecule has 0 aromatic heterocycles. The Balaban J connectivity index is 2.29. The van der Waals surface area contributed by atoms with Crippen molar-refractivity contribution in [3.05, 3.63) is 0 Å². The maximum Gasteiger partial charge on any atom is 0.237 e. The first-order chi connectivity index (χ1) is 8.08. The molecule has 0 bridgehead atoms.